The van der Waals surface area contributed by atoms with Crippen molar-refractivity contribution in [3.63, 3.8) is 0 Å². The van der Waals surface area contributed by atoms with Crippen LogP contribution in [0.15, 0.2) is 24.3 Å². The molecule has 1 amide bonds. The van der Waals surface area contributed by atoms with Gasteiger partial charge in [-0.15, -0.1) is 5.10 Å². The number of nitrogen functional groups attached to an aromatic ring is 1. The molecular weight excluding hydrogens is 503 g/mol. The first-order chi connectivity index (χ1) is 18.1. The predicted molar refractivity (Wildman–Crippen MR) is 134 cm³/mol. The average Bonchev–Trinajstić information content (AvgIpc) is 3.47. The zero-order valence-electron chi connectivity index (χ0n) is 20.9. The molecule has 13 heteroatoms. The number of ether oxygens (including phenoxy) is 1. The number of aliphatic hydroxyl groups excluding tert-OH is 1. The molecule has 2 atom stereocenters. The predicted octanol–water partition coefficient (Wildman–Crippen LogP) is 1.41. The first-order valence-corrected chi connectivity index (χ1v) is 12.5. The van der Waals surface area contributed by atoms with Crippen LogP contribution in [0.2, 0.25) is 0 Å². The number of anilines is 2. The molecule has 0 radical (unpaired) electrons. The lowest BCUT2D eigenvalue weighted by Crippen LogP contribution is -2.40. The fourth-order valence-corrected chi connectivity index (χ4v) is 4.96. The maximum absolute atomic E-state index is 13.6. The van der Waals surface area contributed by atoms with Gasteiger partial charge in [0.25, 0.3) is 0 Å². The lowest BCUT2D eigenvalue weighted by molar-refractivity contribution is -0.138. The van der Waals surface area contributed by atoms with Crippen LogP contribution in [0.5, 0.6) is 0 Å². The topological polar surface area (TPSA) is 130 Å². The van der Waals surface area contributed by atoms with Crippen molar-refractivity contribution in [1.82, 2.24) is 25.2 Å². The van der Waals surface area contributed by atoms with Gasteiger partial charge >= 0.3 is 6.18 Å². The summed E-state index contributed by atoms with van der Waals surface area (Å²) in [6.07, 6.45) is -4.68. The van der Waals surface area contributed by atoms with E-state index in [0.29, 0.717) is 73.4 Å². The van der Waals surface area contributed by atoms with Crippen LogP contribution in [-0.4, -0.2) is 70.6 Å². The summed E-state index contributed by atoms with van der Waals surface area (Å²) in [7, 11) is 0. The third kappa shape index (κ3) is 5.26. The molecule has 0 bridgehead atoms. The van der Waals surface area contributed by atoms with E-state index in [1.807, 2.05) is 4.90 Å². The van der Waals surface area contributed by atoms with Crippen molar-refractivity contribution in [3.8, 4) is 0 Å². The molecule has 5 N–H and O–H groups in total. The van der Waals surface area contributed by atoms with Gasteiger partial charge in [-0.25, -0.2) is 9.50 Å². The minimum Gasteiger partial charge on any atom is -0.396 e. The van der Waals surface area contributed by atoms with Crippen LogP contribution in [0.4, 0.5) is 24.7 Å². The molecule has 3 aromatic rings. The van der Waals surface area contributed by atoms with Crippen LogP contribution in [-0.2, 0) is 28.7 Å². The monoisotopic (exact) mass is 533 g/mol. The number of aliphatic hydroxyl groups is 1. The number of imidazole rings is 1. The molecule has 2 aliphatic rings. The summed E-state index contributed by atoms with van der Waals surface area (Å²) in [5.41, 5.74) is 7.95. The first-order valence-electron chi connectivity index (χ1n) is 12.5. The highest BCUT2D eigenvalue weighted by Crippen LogP contribution is 2.34. The summed E-state index contributed by atoms with van der Waals surface area (Å²) in [6, 6.07) is 5.27. The fourth-order valence-electron chi connectivity index (χ4n) is 4.96. The maximum atomic E-state index is 13.6. The SMILES string of the molecule is Cc1c(Cc2c(CNC(=O)[C@@H]3C[C@@H](O)CN3)nc3c(N)cc(N4CCOCC4)nn23)cccc1C(F)(F)F. The molecular formula is C25H30F3N7O3. The zero-order chi connectivity index (χ0) is 27.0. The number of benzene rings is 1. The molecule has 2 saturated heterocycles. The van der Waals surface area contributed by atoms with E-state index >= 15 is 0 Å². The Morgan fingerprint density at radius 2 is 2.08 bits per heavy atom. The van der Waals surface area contributed by atoms with Gasteiger partial charge in [-0.2, -0.15) is 13.2 Å². The number of nitrogens with one attached hydrogen (secondary N) is 2. The molecule has 0 unspecified atom stereocenters. The fraction of sp³-hybridized carbons (Fsp3) is 0.480. The standard InChI is InChI=1S/C25H30F3N7O3/c1-14-15(3-2-4-17(14)25(26,27)28)9-21-20(13-31-24(37)19-10-16(36)12-30-19)32-23-18(29)11-22(33-35(21)23)34-5-7-38-8-6-34/h2-4,11,16,19,30,36H,5-10,12-13,29H2,1H3,(H,31,37)/t16-,19+/m1/s1. The quantitative estimate of drug-likeness (QED) is 0.374. The number of alkyl halides is 3. The van der Waals surface area contributed by atoms with Gasteiger partial charge in [0.15, 0.2) is 11.5 Å². The van der Waals surface area contributed by atoms with Gasteiger partial charge in [-0.3, -0.25) is 4.79 Å². The van der Waals surface area contributed by atoms with Crippen molar-refractivity contribution in [2.24, 2.45) is 0 Å². The lowest BCUT2D eigenvalue weighted by atomic mass is 9.98. The van der Waals surface area contributed by atoms with E-state index in [1.54, 1.807) is 16.6 Å². The third-order valence-corrected chi connectivity index (χ3v) is 7.07. The molecule has 2 aliphatic heterocycles. The lowest BCUT2D eigenvalue weighted by Gasteiger charge is -2.27. The Morgan fingerprint density at radius 3 is 2.76 bits per heavy atom. The van der Waals surface area contributed by atoms with Gasteiger partial charge in [-0.05, 0) is 30.5 Å². The molecule has 2 fully saturated rings. The second-order valence-electron chi connectivity index (χ2n) is 9.63. The number of rotatable bonds is 6. The first kappa shape index (κ1) is 26.2. The number of nitrogens with zero attached hydrogens (tertiary/aromatic N) is 4. The number of fused-ring (bicyclic) bond motifs is 1. The van der Waals surface area contributed by atoms with E-state index in [9.17, 15) is 23.1 Å². The largest absolute Gasteiger partial charge is 0.416 e. The van der Waals surface area contributed by atoms with Crippen LogP contribution in [0.3, 0.4) is 0 Å². The molecule has 10 nitrogen and oxygen atoms in total. The van der Waals surface area contributed by atoms with Crippen LogP contribution in [0.1, 0.15) is 34.5 Å². The Labute approximate surface area is 217 Å². The van der Waals surface area contributed by atoms with Gasteiger partial charge in [0.2, 0.25) is 5.91 Å². The van der Waals surface area contributed by atoms with Crippen LogP contribution in [0.25, 0.3) is 5.65 Å². The number of morpholine rings is 1. The van der Waals surface area contributed by atoms with Crippen LogP contribution < -0.4 is 21.3 Å². The number of nitrogens with two attached hydrogens (primary N) is 1. The number of amides is 1. The third-order valence-electron chi connectivity index (χ3n) is 7.07. The van der Waals surface area contributed by atoms with E-state index in [4.69, 9.17) is 15.6 Å². The summed E-state index contributed by atoms with van der Waals surface area (Å²) in [5, 5.41) is 20.3. The van der Waals surface area contributed by atoms with Crippen molar-refractivity contribution >= 4 is 23.1 Å². The summed E-state index contributed by atoms with van der Waals surface area (Å²) in [4.78, 5) is 19.3. The molecule has 1 aromatic carbocycles. The van der Waals surface area contributed by atoms with Crippen molar-refractivity contribution in [2.45, 2.75) is 44.6 Å². The second-order valence-corrected chi connectivity index (χ2v) is 9.63. The maximum Gasteiger partial charge on any atom is 0.416 e. The molecule has 38 heavy (non-hydrogen) atoms. The molecule has 5 rings (SSSR count). The Hall–Kier alpha value is -3.42. The second kappa shape index (κ2) is 10.4. The summed E-state index contributed by atoms with van der Waals surface area (Å²) in [5.74, 6) is 0.312. The van der Waals surface area contributed by atoms with Crippen molar-refractivity contribution in [3.05, 3.63) is 52.3 Å². The Bertz CT molecular complexity index is 1340. The number of β-amino-alcohol motifs (C(OH)–C–C–N with tert-alkyl or cyclic N) is 1. The van der Waals surface area contributed by atoms with Gasteiger partial charge < -0.3 is 31.1 Å². The van der Waals surface area contributed by atoms with E-state index in [0.717, 1.165) is 6.07 Å². The normalized spacial score (nSPS) is 20.3. The molecule has 2 aromatic heterocycles. The molecule has 0 saturated carbocycles. The average molecular weight is 534 g/mol. The van der Waals surface area contributed by atoms with Gasteiger partial charge in [-0.1, -0.05) is 12.1 Å². The summed E-state index contributed by atoms with van der Waals surface area (Å²) >= 11 is 0. The molecule has 0 aliphatic carbocycles. The van der Waals surface area contributed by atoms with Gasteiger partial charge in [0.05, 0.1) is 54.5 Å². The highest BCUT2D eigenvalue weighted by atomic mass is 19.4. The summed E-state index contributed by atoms with van der Waals surface area (Å²) < 4.78 is 47.8. The van der Waals surface area contributed by atoms with Gasteiger partial charge in [0, 0.05) is 32.1 Å². The number of aromatic nitrogens is 3. The number of halogens is 3. The minimum atomic E-state index is -4.48. The van der Waals surface area contributed by atoms with Crippen molar-refractivity contribution < 1.29 is 27.8 Å². The molecule has 204 valence electrons. The minimum absolute atomic E-state index is 0.0239. The highest BCUT2D eigenvalue weighted by molar-refractivity contribution is 5.82. The van der Waals surface area contributed by atoms with E-state index in [2.05, 4.69) is 15.6 Å². The van der Waals surface area contributed by atoms with Crippen LogP contribution in [0, 0.1) is 6.92 Å². The van der Waals surface area contributed by atoms with Crippen LogP contribution >= 0.6 is 0 Å². The number of carbonyl (C=O) groups is 1. The number of hydrogen-bond acceptors (Lipinski definition) is 8. The highest BCUT2D eigenvalue weighted by Gasteiger charge is 2.33. The molecule has 0 spiro atoms. The van der Waals surface area contributed by atoms with E-state index in [1.165, 1.54) is 13.0 Å². The zero-order valence-corrected chi connectivity index (χ0v) is 20.9. The van der Waals surface area contributed by atoms with E-state index in [-0.39, 0.29) is 24.4 Å². The van der Waals surface area contributed by atoms with Crippen molar-refractivity contribution in [1.29, 1.82) is 0 Å². The van der Waals surface area contributed by atoms with Gasteiger partial charge in [0.1, 0.15) is 0 Å². The van der Waals surface area contributed by atoms with Crippen molar-refractivity contribution in [2.75, 3.05) is 43.5 Å². The smallest absolute Gasteiger partial charge is 0.396 e. The molecule has 4 heterocycles. The Morgan fingerprint density at radius 1 is 1.32 bits per heavy atom. The Kier molecular flexibility index (Phi) is 7.16. The number of carbonyl (C=O) groups excluding carboxylic acids is 1. The Balaban J connectivity index is 1.53. The summed E-state index contributed by atoms with van der Waals surface area (Å²) in [6.45, 7) is 4.13. The van der Waals surface area contributed by atoms with E-state index < -0.39 is 23.9 Å². The number of hydrogen-bond donors (Lipinski definition) is 4.